The van der Waals surface area contributed by atoms with Gasteiger partial charge >= 0.3 is 0 Å². The van der Waals surface area contributed by atoms with Crippen molar-refractivity contribution in [2.75, 3.05) is 20.1 Å². The molecule has 2 N–H and O–H groups in total. The minimum Gasteiger partial charge on any atom is -0.355 e. The zero-order chi connectivity index (χ0) is 35.1. The zero-order valence-corrected chi connectivity index (χ0v) is 28.1. The first-order valence-corrected chi connectivity index (χ1v) is 16.2. The molecule has 1 aliphatic rings. The van der Waals surface area contributed by atoms with Gasteiger partial charge in [0.05, 0.1) is 23.1 Å². The average molecular weight is 661 g/mol. The molecule has 0 aliphatic carbocycles. The van der Waals surface area contributed by atoms with Gasteiger partial charge in [-0.25, -0.2) is 15.9 Å². The van der Waals surface area contributed by atoms with Crippen LogP contribution in [0.3, 0.4) is 0 Å². The van der Waals surface area contributed by atoms with Crippen LogP contribution in [0, 0.1) is 26.2 Å². The molecule has 0 spiro atoms. The number of nitrogens with zero attached hydrogens (tertiary/aromatic N) is 6. The van der Waals surface area contributed by atoms with E-state index < -0.39 is 29.2 Å². The van der Waals surface area contributed by atoms with E-state index in [1.807, 2.05) is 39.8 Å². The second-order valence-electron chi connectivity index (χ2n) is 12.8. The van der Waals surface area contributed by atoms with Gasteiger partial charge in [-0.1, -0.05) is 26.5 Å². The van der Waals surface area contributed by atoms with Gasteiger partial charge in [-0.15, -0.1) is 0 Å². The molecule has 12 heteroatoms. The average Bonchev–Trinajstić information content (AvgIpc) is 3.56. The van der Waals surface area contributed by atoms with E-state index in [1.54, 1.807) is 23.4 Å². The molecule has 11 nitrogen and oxygen atoms in total. The smallest absolute Gasteiger partial charge is 0.270 e. The molecule has 1 fully saturated rings. The Kier molecular flexibility index (Phi) is 8.86. The fourth-order valence-corrected chi connectivity index (χ4v) is 7.18. The molecule has 0 bridgehead atoms. The summed E-state index contributed by atoms with van der Waals surface area (Å²) >= 11 is 0. The van der Waals surface area contributed by atoms with Crippen LogP contribution in [0.2, 0.25) is 0 Å². The van der Waals surface area contributed by atoms with Crippen LogP contribution in [-0.2, 0) is 4.79 Å². The van der Waals surface area contributed by atoms with E-state index in [0.29, 0.717) is 45.2 Å². The summed E-state index contributed by atoms with van der Waals surface area (Å²) < 4.78 is 18.1. The zero-order valence-electron chi connectivity index (χ0n) is 28.1. The first-order chi connectivity index (χ1) is 23.5. The highest BCUT2D eigenvalue weighted by molar-refractivity contribution is 6.02. The molecule has 0 radical (unpaired) electrons. The van der Waals surface area contributed by atoms with E-state index in [9.17, 15) is 14.4 Å². The number of piperidine rings is 1. The minimum absolute atomic E-state index is 0.0256. The summed E-state index contributed by atoms with van der Waals surface area (Å²) in [5.41, 5.74) is 3.62. The molecule has 4 aromatic heterocycles. The quantitative estimate of drug-likeness (QED) is 0.169. The van der Waals surface area contributed by atoms with Crippen molar-refractivity contribution in [3.05, 3.63) is 105 Å². The molecule has 1 unspecified atom stereocenters. The number of halogens is 1. The Balaban J connectivity index is 1.76. The van der Waals surface area contributed by atoms with Crippen molar-refractivity contribution in [3.8, 4) is 16.9 Å². The van der Waals surface area contributed by atoms with E-state index in [0.717, 1.165) is 11.1 Å². The molecular weight excluding hydrogens is 623 g/mol. The lowest BCUT2D eigenvalue weighted by Crippen LogP contribution is -2.47. The fraction of sp³-hybridized carbons (Fsp3) is 0.324. The molecular formula is C37H37FN8O3. The van der Waals surface area contributed by atoms with Crippen molar-refractivity contribution in [2.24, 2.45) is 0 Å². The monoisotopic (exact) mass is 660 g/mol. The number of carbonyl (C=O) groups excluding carboxylic acids is 2. The predicted octanol–water partition coefficient (Wildman–Crippen LogP) is 5.74. The summed E-state index contributed by atoms with van der Waals surface area (Å²) in [6.45, 7) is 19.1. The number of aryl methyl sites for hydroxylation is 2. The van der Waals surface area contributed by atoms with Gasteiger partial charge in [0, 0.05) is 36.1 Å². The summed E-state index contributed by atoms with van der Waals surface area (Å²) in [4.78, 5) is 56.3. The number of benzene rings is 1. The third-order valence-electron chi connectivity index (χ3n) is 9.48. The Morgan fingerprint density at radius 1 is 1.22 bits per heavy atom. The fourth-order valence-electron chi connectivity index (χ4n) is 7.18. The molecule has 5 aromatic rings. The highest BCUT2D eigenvalue weighted by Crippen LogP contribution is 2.40. The van der Waals surface area contributed by atoms with Crippen LogP contribution in [0.25, 0.3) is 43.7 Å². The number of H-pyrrole nitrogens is 1. The summed E-state index contributed by atoms with van der Waals surface area (Å²) in [6, 6.07) is 6.37. The van der Waals surface area contributed by atoms with Crippen molar-refractivity contribution in [2.45, 2.75) is 58.4 Å². The van der Waals surface area contributed by atoms with Crippen LogP contribution in [0.1, 0.15) is 71.3 Å². The van der Waals surface area contributed by atoms with Gasteiger partial charge in [0.15, 0.2) is 0 Å². The molecule has 2 atom stereocenters. The molecule has 49 heavy (non-hydrogen) atoms. The number of aromatic amines is 1. The van der Waals surface area contributed by atoms with Gasteiger partial charge in [0.25, 0.3) is 11.5 Å². The van der Waals surface area contributed by atoms with Gasteiger partial charge in [-0.2, -0.15) is 5.10 Å². The second-order valence-corrected chi connectivity index (χ2v) is 12.8. The van der Waals surface area contributed by atoms with Gasteiger partial charge in [-0.3, -0.25) is 29.0 Å². The highest BCUT2D eigenvalue weighted by Gasteiger charge is 2.38. The Hall–Kier alpha value is -5.70. The first-order valence-electron chi connectivity index (χ1n) is 16.2. The third-order valence-corrected chi connectivity index (χ3v) is 9.48. The minimum atomic E-state index is -0.637. The molecule has 5 heterocycles. The second kappa shape index (κ2) is 13.1. The number of aromatic nitrogens is 5. The Bertz CT molecular complexity index is 2260. The number of likely N-dealkylation sites (tertiary alicyclic amines) is 1. The van der Waals surface area contributed by atoms with E-state index in [1.165, 1.54) is 23.8 Å². The van der Waals surface area contributed by atoms with Crippen LogP contribution < -0.4 is 10.9 Å². The molecule has 250 valence electrons. The van der Waals surface area contributed by atoms with Crippen LogP contribution in [0.4, 0.5) is 4.39 Å². The van der Waals surface area contributed by atoms with Crippen LogP contribution in [-0.4, -0.2) is 67.6 Å². The maximum absolute atomic E-state index is 16.7. The molecule has 1 aliphatic heterocycles. The Labute approximate surface area is 282 Å². The summed E-state index contributed by atoms with van der Waals surface area (Å²) in [5.74, 6) is -2.14. The lowest BCUT2D eigenvalue weighted by atomic mass is 9.81. The Morgan fingerprint density at radius 2 is 2.00 bits per heavy atom. The third kappa shape index (κ3) is 5.55. The number of rotatable bonds is 7. The lowest BCUT2D eigenvalue weighted by molar-refractivity contribution is -0.129. The van der Waals surface area contributed by atoms with E-state index in [-0.39, 0.29) is 48.2 Å². The van der Waals surface area contributed by atoms with Crippen molar-refractivity contribution >= 4 is 33.8 Å². The number of fused-ring (bicyclic) bond motifs is 2. The highest BCUT2D eigenvalue weighted by atomic mass is 19.1. The number of carbonyl (C=O) groups is 2. The predicted molar refractivity (Wildman–Crippen MR) is 186 cm³/mol. The van der Waals surface area contributed by atoms with Crippen LogP contribution in [0.15, 0.2) is 54.1 Å². The summed E-state index contributed by atoms with van der Waals surface area (Å²) in [7, 11) is 1.44. The number of nitrogens with one attached hydrogen (secondary N) is 2. The van der Waals surface area contributed by atoms with Crippen LogP contribution >= 0.6 is 0 Å². The van der Waals surface area contributed by atoms with Gasteiger partial charge < -0.3 is 15.1 Å². The number of hydrogen-bond donors (Lipinski definition) is 2. The number of pyridine rings is 3. The first kappa shape index (κ1) is 33.2. The Morgan fingerprint density at radius 3 is 2.69 bits per heavy atom. The molecule has 1 saturated heterocycles. The van der Waals surface area contributed by atoms with Crippen LogP contribution in [0.5, 0.6) is 0 Å². The normalized spacial score (nSPS) is 16.2. The van der Waals surface area contributed by atoms with Crippen molar-refractivity contribution in [1.82, 2.24) is 34.9 Å². The van der Waals surface area contributed by atoms with E-state index in [2.05, 4.69) is 31.9 Å². The SMILES string of the molecule is [C-]#[N+]C[C@H]1CC(c2c(C(=O)NC)c(=O)n(-c3c(C)ccnc3C(C)C)c3nc(-c4c(C)ccc5[nH]ncc45)c(F)cc23)CCN1C(=O)C=C. The van der Waals surface area contributed by atoms with Crippen molar-refractivity contribution in [1.29, 1.82) is 0 Å². The van der Waals surface area contributed by atoms with Gasteiger partial charge in [-0.05, 0) is 79.5 Å². The summed E-state index contributed by atoms with van der Waals surface area (Å²) in [5, 5.41) is 10.7. The number of amides is 2. The molecule has 0 saturated carbocycles. The van der Waals surface area contributed by atoms with Crippen molar-refractivity contribution in [3.63, 3.8) is 0 Å². The molecule has 1 aromatic carbocycles. The molecule has 6 rings (SSSR count). The molecule has 2 amide bonds. The topological polar surface area (TPSA) is 130 Å². The maximum atomic E-state index is 16.7. The number of hydrogen-bond acceptors (Lipinski definition) is 6. The van der Waals surface area contributed by atoms with E-state index >= 15 is 4.39 Å². The maximum Gasteiger partial charge on any atom is 0.270 e. The largest absolute Gasteiger partial charge is 0.355 e. The van der Waals surface area contributed by atoms with E-state index in [4.69, 9.17) is 11.6 Å². The summed E-state index contributed by atoms with van der Waals surface area (Å²) in [6.07, 6.45) is 5.16. The van der Waals surface area contributed by atoms with Gasteiger partial charge in [0.2, 0.25) is 12.5 Å². The van der Waals surface area contributed by atoms with Gasteiger partial charge in [0.1, 0.15) is 28.8 Å². The standard InChI is InChI=1S/C37H37FN8O3/c1-8-28(47)45-14-12-22(15-23(45)17-39-6)30-24-16-26(38)33(29-20(4)9-10-27-25(29)18-42-44-27)43-35(24)46(37(49)31(30)36(48)40-7)34-21(5)11-13-41-32(34)19(2)3/h8-11,13,16,18-19,22-23H,1,12,14-15,17H2,2-5,7H3,(H,40,48)(H,42,44)/t22?,23-/m1/s1. The van der Waals surface area contributed by atoms with Crippen molar-refractivity contribution < 1.29 is 14.0 Å². The lowest BCUT2D eigenvalue weighted by Gasteiger charge is -2.37.